The highest BCUT2D eigenvalue weighted by atomic mass is 19.1. The van der Waals surface area contributed by atoms with Gasteiger partial charge in [0.05, 0.1) is 0 Å². The van der Waals surface area contributed by atoms with Gasteiger partial charge >= 0.3 is 0 Å². The number of anilines is 1. The predicted molar refractivity (Wildman–Crippen MR) is 43.4 cm³/mol. The molecule has 0 aliphatic rings. The largest absolute Gasteiger partial charge is 0.308 e. The van der Waals surface area contributed by atoms with Crippen molar-refractivity contribution >= 4 is 11.7 Å². The van der Waals surface area contributed by atoms with Crippen molar-refractivity contribution in [2.45, 2.75) is 13.1 Å². The molecule has 1 amide bonds. The molecule has 0 spiro atoms. The Balaban J connectivity index is 2.59. The number of rotatable bonds is 2. The summed E-state index contributed by atoms with van der Waals surface area (Å²) in [6.45, 7) is 1.18. The molecule has 3 nitrogen and oxygen atoms in total. The first kappa shape index (κ1) is 8.64. The zero-order chi connectivity index (χ0) is 8.97. The number of alkyl halides is 1. The molecule has 1 atom stereocenters. The summed E-state index contributed by atoms with van der Waals surface area (Å²) in [7, 11) is 0. The normalized spacial score (nSPS) is 12.2. The van der Waals surface area contributed by atoms with Crippen molar-refractivity contribution in [3.8, 4) is 0 Å². The number of carbonyl (C=O) groups is 1. The Morgan fingerprint density at radius 1 is 1.67 bits per heavy atom. The van der Waals surface area contributed by atoms with Crippen LogP contribution in [0, 0.1) is 0 Å². The van der Waals surface area contributed by atoms with Gasteiger partial charge in [-0.15, -0.1) is 0 Å². The highest BCUT2D eigenvalue weighted by Crippen LogP contribution is 2.01. The van der Waals surface area contributed by atoms with Crippen molar-refractivity contribution < 1.29 is 9.18 Å². The Morgan fingerprint density at radius 3 is 2.92 bits per heavy atom. The molecule has 0 radical (unpaired) electrons. The summed E-state index contributed by atoms with van der Waals surface area (Å²) in [5.74, 6) is -0.305. The molecule has 0 aliphatic carbocycles. The summed E-state index contributed by atoms with van der Waals surface area (Å²) in [5.41, 5.74) is 0. The monoisotopic (exact) mass is 168 g/mol. The first-order chi connectivity index (χ1) is 5.70. The first-order valence-electron chi connectivity index (χ1n) is 3.56. The Bertz CT molecular complexity index is 261. The minimum atomic E-state index is -1.51. The van der Waals surface area contributed by atoms with Crippen molar-refractivity contribution in [2.75, 3.05) is 5.32 Å². The second kappa shape index (κ2) is 3.80. The SMILES string of the molecule is CC(F)C(=O)Nc1ccccn1. The van der Waals surface area contributed by atoms with Crippen LogP contribution in [0.1, 0.15) is 6.92 Å². The van der Waals surface area contributed by atoms with Crippen LogP contribution in [0.3, 0.4) is 0 Å². The maximum Gasteiger partial charge on any atom is 0.259 e. The van der Waals surface area contributed by atoms with Crippen molar-refractivity contribution in [1.82, 2.24) is 4.98 Å². The molecule has 1 unspecified atom stereocenters. The third kappa shape index (κ3) is 2.30. The third-order valence-electron chi connectivity index (χ3n) is 1.28. The number of nitrogens with one attached hydrogen (secondary N) is 1. The summed E-state index contributed by atoms with van der Waals surface area (Å²) in [6.07, 6.45) is 0.0189. The predicted octanol–water partition coefficient (Wildman–Crippen LogP) is 1.38. The van der Waals surface area contributed by atoms with E-state index in [9.17, 15) is 9.18 Å². The topological polar surface area (TPSA) is 42.0 Å². The molecule has 4 heteroatoms. The molecule has 1 aromatic rings. The lowest BCUT2D eigenvalue weighted by Gasteiger charge is -2.03. The average Bonchev–Trinajstić information content (AvgIpc) is 2.06. The molecule has 64 valence electrons. The molecule has 1 heterocycles. The van der Waals surface area contributed by atoms with Gasteiger partial charge < -0.3 is 5.32 Å². The van der Waals surface area contributed by atoms with Crippen LogP contribution in [-0.2, 0) is 4.79 Å². The van der Waals surface area contributed by atoms with Crippen molar-refractivity contribution in [1.29, 1.82) is 0 Å². The minimum absolute atomic E-state index is 0.368. The molecule has 0 bridgehead atoms. The van der Waals surface area contributed by atoms with Crippen molar-refractivity contribution in [3.05, 3.63) is 24.4 Å². The lowest BCUT2D eigenvalue weighted by atomic mass is 10.4. The van der Waals surface area contributed by atoms with E-state index in [-0.39, 0.29) is 0 Å². The average molecular weight is 168 g/mol. The van der Waals surface area contributed by atoms with Gasteiger partial charge in [-0.25, -0.2) is 9.37 Å². The number of pyridine rings is 1. The standard InChI is InChI=1S/C8H9FN2O/c1-6(9)8(12)11-7-4-2-3-5-10-7/h2-6H,1H3,(H,10,11,12). The number of carbonyl (C=O) groups excluding carboxylic acids is 1. The van der Waals surface area contributed by atoms with E-state index in [1.54, 1.807) is 18.2 Å². The van der Waals surface area contributed by atoms with E-state index in [2.05, 4.69) is 10.3 Å². The maximum absolute atomic E-state index is 12.3. The Labute approximate surface area is 69.6 Å². The third-order valence-corrected chi connectivity index (χ3v) is 1.28. The van der Waals surface area contributed by atoms with Crippen LogP contribution in [0.25, 0.3) is 0 Å². The van der Waals surface area contributed by atoms with E-state index in [0.717, 1.165) is 0 Å². The Morgan fingerprint density at radius 2 is 2.42 bits per heavy atom. The summed E-state index contributed by atoms with van der Waals surface area (Å²) < 4.78 is 12.3. The summed E-state index contributed by atoms with van der Waals surface area (Å²) in [4.78, 5) is 14.6. The fraction of sp³-hybridized carbons (Fsp3) is 0.250. The zero-order valence-electron chi connectivity index (χ0n) is 6.62. The molecule has 12 heavy (non-hydrogen) atoms. The first-order valence-corrected chi connectivity index (χ1v) is 3.56. The van der Waals surface area contributed by atoms with Gasteiger partial charge in [0.15, 0.2) is 6.17 Å². The van der Waals surface area contributed by atoms with Gasteiger partial charge in [-0.3, -0.25) is 4.79 Å². The number of nitrogens with zero attached hydrogens (tertiary/aromatic N) is 1. The summed E-state index contributed by atoms with van der Waals surface area (Å²) >= 11 is 0. The number of halogens is 1. The molecule has 1 rings (SSSR count). The maximum atomic E-state index is 12.3. The van der Waals surface area contributed by atoms with Crippen LogP contribution in [0.5, 0.6) is 0 Å². The van der Waals surface area contributed by atoms with Gasteiger partial charge in [0.2, 0.25) is 0 Å². The number of hydrogen-bond donors (Lipinski definition) is 1. The lowest BCUT2D eigenvalue weighted by molar-refractivity contribution is -0.120. The molecular weight excluding hydrogens is 159 g/mol. The van der Waals surface area contributed by atoms with Crippen LogP contribution in [-0.4, -0.2) is 17.1 Å². The van der Waals surface area contributed by atoms with E-state index >= 15 is 0 Å². The van der Waals surface area contributed by atoms with Gasteiger partial charge in [0.25, 0.3) is 5.91 Å². The van der Waals surface area contributed by atoms with Gasteiger partial charge in [-0.2, -0.15) is 0 Å². The smallest absolute Gasteiger partial charge is 0.259 e. The van der Waals surface area contributed by atoms with E-state index in [4.69, 9.17) is 0 Å². The second-order valence-electron chi connectivity index (χ2n) is 2.32. The molecule has 1 N–H and O–H groups in total. The van der Waals surface area contributed by atoms with Crippen LogP contribution >= 0.6 is 0 Å². The van der Waals surface area contributed by atoms with E-state index in [0.29, 0.717) is 5.82 Å². The highest BCUT2D eigenvalue weighted by molar-refractivity contribution is 5.92. The Kier molecular flexibility index (Phi) is 2.74. The fourth-order valence-corrected chi connectivity index (χ4v) is 0.662. The van der Waals surface area contributed by atoms with Crippen LogP contribution in [0.2, 0.25) is 0 Å². The van der Waals surface area contributed by atoms with Gasteiger partial charge in [-0.05, 0) is 19.1 Å². The molecule has 0 aromatic carbocycles. The van der Waals surface area contributed by atoms with Crippen LogP contribution in [0.4, 0.5) is 10.2 Å². The van der Waals surface area contributed by atoms with Crippen LogP contribution in [0.15, 0.2) is 24.4 Å². The van der Waals surface area contributed by atoms with E-state index < -0.39 is 12.1 Å². The van der Waals surface area contributed by atoms with Gasteiger partial charge in [-0.1, -0.05) is 6.07 Å². The fourth-order valence-electron chi connectivity index (χ4n) is 0.662. The quantitative estimate of drug-likeness (QED) is 0.724. The zero-order valence-corrected chi connectivity index (χ0v) is 6.62. The molecule has 0 saturated heterocycles. The number of amides is 1. The second-order valence-corrected chi connectivity index (χ2v) is 2.32. The number of aromatic nitrogens is 1. The molecule has 0 aliphatic heterocycles. The summed E-state index contributed by atoms with van der Waals surface area (Å²) in [6, 6.07) is 5.03. The minimum Gasteiger partial charge on any atom is -0.308 e. The molecule has 0 fully saturated rings. The van der Waals surface area contributed by atoms with Gasteiger partial charge in [0, 0.05) is 6.20 Å². The molecule has 1 aromatic heterocycles. The van der Waals surface area contributed by atoms with E-state index in [1.165, 1.54) is 13.1 Å². The van der Waals surface area contributed by atoms with Crippen molar-refractivity contribution in [2.24, 2.45) is 0 Å². The van der Waals surface area contributed by atoms with E-state index in [1.807, 2.05) is 0 Å². The highest BCUT2D eigenvalue weighted by Gasteiger charge is 2.10. The summed E-state index contributed by atoms with van der Waals surface area (Å²) in [5, 5.41) is 2.32. The molecule has 0 saturated carbocycles. The van der Waals surface area contributed by atoms with Gasteiger partial charge in [0.1, 0.15) is 5.82 Å². The lowest BCUT2D eigenvalue weighted by Crippen LogP contribution is -2.21. The Hall–Kier alpha value is -1.45. The van der Waals surface area contributed by atoms with Crippen molar-refractivity contribution in [3.63, 3.8) is 0 Å². The van der Waals surface area contributed by atoms with Crippen LogP contribution < -0.4 is 5.32 Å². The number of hydrogen-bond acceptors (Lipinski definition) is 2. The molecular formula is C8H9FN2O.